The Bertz CT molecular complexity index is 841. The predicted molar refractivity (Wildman–Crippen MR) is 104 cm³/mol. The summed E-state index contributed by atoms with van der Waals surface area (Å²) in [6, 6.07) is 5.76. The molecule has 4 atom stereocenters. The average Bonchev–Trinajstić information content (AvgIpc) is 3.18. The fraction of sp³-hybridized carbons (Fsp3) is 0.478. The summed E-state index contributed by atoms with van der Waals surface area (Å²) in [5.41, 5.74) is -0.0166. The number of methoxy groups -OCH3 is 2. The van der Waals surface area contributed by atoms with E-state index in [2.05, 4.69) is 13.2 Å². The molecule has 1 heterocycles. The summed E-state index contributed by atoms with van der Waals surface area (Å²) >= 11 is 0. The van der Waals surface area contributed by atoms with Crippen molar-refractivity contribution in [1.29, 1.82) is 0 Å². The van der Waals surface area contributed by atoms with Crippen LogP contribution < -0.4 is 4.74 Å². The van der Waals surface area contributed by atoms with E-state index in [1.54, 1.807) is 7.11 Å². The first-order valence-electron chi connectivity index (χ1n) is 9.70. The van der Waals surface area contributed by atoms with Crippen LogP contribution in [0.25, 0.3) is 0 Å². The van der Waals surface area contributed by atoms with Gasteiger partial charge in [0.25, 0.3) is 0 Å². The summed E-state index contributed by atoms with van der Waals surface area (Å²) in [6.07, 6.45) is 6.35. The van der Waals surface area contributed by atoms with E-state index in [0.29, 0.717) is 12.8 Å². The minimum absolute atomic E-state index is 0.00129. The van der Waals surface area contributed by atoms with Gasteiger partial charge in [-0.2, -0.15) is 0 Å². The zero-order valence-corrected chi connectivity index (χ0v) is 16.4. The van der Waals surface area contributed by atoms with Crippen molar-refractivity contribution < 1.29 is 23.8 Å². The summed E-state index contributed by atoms with van der Waals surface area (Å²) in [7, 11) is 2.96. The van der Waals surface area contributed by atoms with Gasteiger partial charge in [0, 0.05) is 24.2 Å². The van der Waals surface area contributed by atoms with Crippen LogP contribution in [0.3, 0.4) is 0 Å². The van der Waals surface area contributed by atoms with E-state index in [9.17, 15) is 9.59 Å². The number of esters is 2. The zero-order chi connectivity index (χ0) is 20.1. The lowest BCUT2D eigenvalue weighted by Crippen LogP contribution is -2.47. The molecule has 1 aromatic rings. The molecule has 3 aliphatic rings. The standard InChI is InChI=1S/C23H26O5/c1-5-15-7-8-16(6-2)23(15)13-22(20(24)27-4,21(25)28-23)19-12-14-11-17(26-3)9-10-18(14)19/h5-6,9-11,15-16,19H,1-2,7-8,12-13H2,3-4H3/t15-,16-,19?,22-/m0/s1. The molecule has 148 valence electrons. The highest BCUT2D eigenvalue weighted by Crippen LogP contribution is 2.62. The van der Waals surface area contributed by atoms with E-state index in [1.165, 1.54) is 7.11 Å². The van der Waals surface area contributed by atoms with E-state index < -0.39 is 23.0 Å². The maximum Gasteiger partial charge on any atom is 0.324 e. The third-order valence-corrected chi connectivity index (χ3v) is 7.11. The quantitative estimate of drug-likeness (QED) is 0.443. The van der Waals surface area contributed by atoms with E-state index in [-0.39, 0.29) is 17.8 Å². The molecule has 1 unspecified atom stereocenters. The summed E-state index contributed by atoms with van der Waals surface area (Å²) < 4.78 is 16.5. The van der Waals surface area contributed by atoms with Gasteiger partial charge in [0.1, 0.15) is 11.4 Å². The molecular weight excluding hydrogens is 356 g/mol. The number of carbonyl (C=O) groups excluding carboxylic acids is 2. The van der Waals surface area contributed by atoms with Crippen LogP contribution in [-0.4, -0.2) is 31.8 Å². The van der Waals surface area contributed by atoms with Crippen LogP contribution in [0, 0.1) is 17.3 Å². The normalized spacial score (nSPS) is 32.2. The number of benzene rings is 1. The van der Waals surface area contributed by atoms with Crippen molar-refractivity contribution in [1.82, 2.24) is 0 Å². The lowest BCUT2D eigenvalue weighted by Gasteiger charge is -2.41. The van der Waals surface area contributed by atoms with Gasteiger partial charge in [0.2, 0.25) is 0 Å². The van der Waals surface area contributed by atoms with Crippen LogP contribution >= 0.6 is 0 Å². The minimum atomic E-state index is -1.33. The van der Waals surface area contributed by atoms with Crippen molar-refractivity contribution in [3.63, 3.8) is 0 Å². The second-order valence-corrected chi connectivity index (χ2v) is 8.07. The van der Waals surface area contributed by atoms with Gasteiger partial charge in [-0.3, -0.25) is 9.59 Å². The smallest absolute Gasteiger partial charge is 0.324 e. The number of hydrogen-bond acceptors (Lipinski definition) is 5. The maximum atomic E-state index is 13.3. The van der Waals surface area contributed by atoms with E-state index >= 15 is 0 Å². The fourth-order valence-electron chi connectivity index (χ4n) is 5.59. The van der Waals surface area contributed by atoms with Crippen molar-refractivity contribution in [2.24, 2.45) is 17.3 Å². The lowest BCUT2D eigenvalue weighted by atomic mass is 9.58. The Labute approximate surface area is 165 Å². The Balaban J connectivity index is 1.79. The molecule has 0 bridgehead atoms. The maximum absolute atomic E-state index is 13.3. The molecule has 1 saturated heterocycles. The molecule has 4 rings (SSSR count). The van der Waals surface area contributed by atoms with Gasteiger partial charge in [0.15, 0.2) is 5.41 Å². The van der Waals surface area contributed by atoms with Crippen molar-refractivity contribution in [2.75, 3.05) is 14.2 Å². The zero-order valence-electron chi connectivity index (χ0n) is 16.4. The Hall–Kier alpha value is -2.56. The van der Waals surface area contributed by atoms with Crippen LogP contribution in [0.4, 0.5) is 0 Å². The molecule has 5 nitrogen and oxygen atoms in total. The molecule has 1 aromatic carbocycles. The van der Waals surface area contributed by atoms with Gasteiger partial charge in [-0.15, -0.1) is 13.2 Å². The van der Waals surface area contributed by atoms with Crippen LogP contribution in [0.1, 0.15) is 36.3 Å². The summed E-state index contributed by atoms with van der Waals surface area (Å²) in [6.45, 7) is 7.89. The molecule has 0 aromatic heterocycles. The van der Waals surface area contributed by atoms with E-state index in [4.69, 9.17) is 14.2 Å². The van der Waals surface area contributed by atoms with Crippen molar-refractivity contribution in [3.8, 4) is 5.75 Å². The molecule has 2 aliphatic carbocycles. The molecule has 28 heavy (non-hydrogen) atoms. The second kappa shape index (κ2) is 6.50. The largest absolute Gasteiger partial charge is 0.497 e. The Morgan fingerprint density at radius 1 is 1.21 bits per heavy atom. The third kappa shape index (κ3) is 2.25. The van der Waals surface area contributed by atoms with Crippen LogP contribution in [0.2, 0.25) is 0 Å². The first-order chi connectivity index (χ1) is 13.5. The van der Waals surface area contributed by atoms with Gasteiger partial charge in [-0.25, -0.2) is 0 Å². The molecule has 0 amide bonds. The summed E-state index contributed by atoms with van der Waals surface area (Å²) in [5, 5.41) is 0. The molecule has 1 spiro atoms. The van der Waals surface area contributed by atoms with Crippen LogP contribution in [0.15, 0.2) is 43.5 Å². The van der Waals surface area contributed by atoms with Crippen molar-refractivity contribution in [2.45, 2.75) is 37.2 Å². The Morgan fingerprint density at radius 2 is 1.89 bits per heavy atom. The predicted octanol–water partition coefficient (Wildman–Crippen LogP) is 3.58. The molecule has 1 saturated carbocycles. The lowest BCUT2D eigenvalue weighted by molar-refractivity contribution is -0.167. The SMILES string of the molecule is C=C[C@H]1CC[C@H](C=C)C12C[C@@](C(=O)OC)(C1Cc3cc(OC)ccc31)C(=O)O2. The molecule has 0 N–H and O–H groups in total. The van der Waals surface area contributed by atoms with E-state index in [1.807, 2.05) is 30.4 Å². The van der Waals surface area contributed by atoms with Crippen LogP contribution in [0.5, 0.6) is 5.75 Å². The molecular formula is C23H26O5. The molecule has 5 heteroatoms. The minimum Gasteiger partial charge on any atom is -0.497 e. The number of fused-ring (bicyclic) bond motifs is 1. The fourth-order valence-corrected chi connectivity index (χ4v) is 5.59. The van der Waals surface area contributed by atoms with Gasteiger partial charge < -0.3 is 14.2 Å². The van der Waals surface area contributed by atoms with Gasteiger partial charge in [-0.05, 0) is 42.5 Å². The first kappa shape index (κ1) is 18.8. The number of carbonyl (C=O) groups is 2. The van der Waals surface area contributed by atoms with Crippen LogP contribution in [-0.2, 0) is 25.5 Å². The van der Waals surface area contributed by atoms with Gasteiger partial charge in [-0.1, -0.05) is 18.2 Å². The molecule has 1 aliphatic heterocycles. The van der Waals surface area contributed by atoms with Crippen molar-refractivity contribution >= 4 is 11.9 Å². The first-order valence-corrected chi connectivity index (χ1v) is 9.70. The third-order valence-electron chi connectivity index (χ3n) is 7.11. The molecule has 2 fully saturated rings. The summed E-state index contributed by atoms with van der Waals surface area (Å²) in [5.74, 6) is -0.485. The number of ether oxygens (including phenoxy) is 3. The highest BCUT2D eigenvalue weighted by Gasteiger charge is 2.70. The summed E-state index contributed by atoms with van der Waals surface area (Å²) in [4.78, 5) is 26.4. The Kier molecular flexibility index (Phi) is 4.36. The molecule has 0 radical (unpaired) electrons. The van der Waals surface area contributed by atoms with Crippen molar-refractivity contribution in [3.05, 3.63) is 54.6 Å². The Morgan fingerprint density at radius 3 is 2.43 bits per heavy atom. The number of rotatable bonds is 5. The van der Waals surface area contributed by atoms with Gasteiger partial charge in [0.05, 0.1) is 14.2 Å². The average molecular weight is 382 g/mol. The monoisotopic (exact) mass is 382 g/mol. The topological polar surface area (TPSA) is 61.8 Å². The number of hydrogen-bond donors (Lipinski definition) is 0. The second-order valence-electron chi connectivity index (χ2n) is 8.07. The van der Waals surface area contributed by atoms with E-state index in [0.717, 1.165) is 29.7 Å². The highest BCUT2D eigenvalue weighted by atomic mass is 16.6. The van der Waals surface area contributed by atoms with Gasteiger partial charge >= 0.3 is 11.9 Å². The highest BCUT2D eigenvalue weighted by molar-refractivity contribution is 6.03.